The van der Waals surface area contributed by atoms with Crippen LogP contribution in [0.5, 0.6) is 0 Å². The zero-order valence-corrected chi connectivity index (χ0v) is 12.1. The van der Waals surface area contributed by atoms with Gasteiger partial charge < -0.3 is 9.84 Å². The molecule has 0 radical (unpaired) electrons. The molecule has 100 valence electrons. The third kappa shape index (κ3) is 2.81. The van der Waals surface area contributed by atoms with Crippen LogP contribution in [0.15, 0.2) is 6.07 Å². The standard InChI is InChI=1S/C11H13Cl2NO3S/c1-6(7-4-9(12)18-10(7)13)14-2-3-17-5-8(14)11(15)16/h4,6,8H,2-3,5H2,1H3,(H,15,16). The number of nitrogens with zero attached hydrogens (tertiary/aromatic N) is 1. The normalized spacial score (nSPS) is 22.9. The third-order valence-electron chi connectivity index (χ3n) is 3.09. The van der Waals surface area contributed by atoms with E-state index in [-0.39, 0.29) is 12.6 Å². The van der Waals surface area contributed by atoms with E-state index in [1.54, 1.807) is 6.07 Å². The van der Waals surface area contributed by atoms with Gasteiger partial charge in [0.25, 0.3) is 0 Å². The summed E-state index contributed by atoms with van der Waals surface area (Å²) in [4.78, 5) is 13.1. The number of carboxylic acids is 1. The van der Waals surface area contributed by atoms with Crippen LogP contribution in [-0.4, -0.2) is 41.8 Å². The molecule has 1 aliphatic rings. The molecule has 1 aromatic rings. The van der Waals surface area contributed by atoms with Crippen molar-refractivity contribution in [3.8, 4) is 0 Å². The molecule has 1 aliphatic heterocycles. The summed E-state index contributed by atoms with van der Waals surface area (Å²) in [5, 5.41) is 9.20. The number of hydrogen-bond acceptors (Lipinski definition) is 4. The maximum Gasteiger partial charge on any atom is 0.323 e. The average Bonchev–Trinajstić information content (AvgIpc) is 2.67. The van der Waals surface area contributed by atoms with Crippen molar-refractivity contribution in [2.24, 2.45) is 0 Å². The maximum absolute atomic E-state index is 11.2. The Bertz CT molecular complexity index is 451. The second-order valence-corrected chi connectivity index (χ2v) is 6.41. The van der Waals surface area contributed by atoms with Gasteiger partial charge in [-0.05, 0) is 13.0 Å². The molecule has 2 atom stereocenters. The highest BCUT2D eigenvalue weighted by molar-refractivity contribution is 7.20. The zero-order valence-electron chi connectivity index (χ0n) is 9.73. The molecule has 1 aromatic heterocycles. The molecule has 0 amide bonds. The lowest BCUT2D eigenvalue weighted by Crippen LogP contribution is -2.50. The summed E-state index contributed by atoms with van der Waals surface area (Å²) in [6.07, 6.45) is 0. The van der Waals surface area contributed by atoms with Crippen LogP contribution in [0.3, 0.4) is 0 Å². The van der Waals surface area contributed by atoms with E-state index in [9.17, 15) is 9.90 Å². The summed E-state index contributed by atoms with van der Waals surface area (Å²) in [6.45, 7) is 3.24. The fourth-order valence-electron chi connectivity index (χ4n) is 2.11. The van der Waals surface area contributed by atoms with E-state index in [1.165, 1.54) is 11.3 Å². The molecule has 18 heavy (non-hydrogen) atoms. The van der Waals surface area contributed by atoms with Gasteiger partial charge in [0, 0.05) is 18.2 Å². The monoisotopic (exact) mass is 309 g/mol. The first kappa shape index (κ1) is 14.1. The van der Waals surface area contributed by atoms with Crippen LogP contribution in [-0.2, 0) is 9.53 Å². The summed E-state index contributed by atoms with van der Waals surface area (Å²) in [5.74, 6) is -0.876. The lowest BCUT2D eigenvalue weighted by Gasteiger charge is -2.37. The molecule has 1 saturated heterocycles. The second-order valence-electron chi connectivity index (χ2n) is 4.12. The summed E-state index contributed by atoms with van der Waals surface area (Å²) in [6, 6.07) is 1.07. The largest absolute Gasteiger partial charge is 0.480 e. The fraction of sp³-hybridized carbons (Fsp3) is 0.545. The van der Waals surface area contributed by atoms with Gasteiger partial charge in [0.15, 0.2) is 0 Å². The number of morpholine rings is 1. The van der Waals surface area contributed by atoms with Gasteiger partial charge in [-0.15, -0.1) is 11.3 Å². The molecule has 0 aromatic carbocycles. The van der Waals surface area contributed by atoms with Gasteiger partial charge in [0.2, 0.25) is 0 Å². The first-order valence-electron chi connectivity index (χ1n) is 5.51. The second kappa shape index (κ2) is 5.75. The van der Waals surface area contributed by atoms with Gasteiger partial charge in [0.05, 0.1) is 21.9 Å². The number of ether oxygens (including phenoxy) is 1. The van der Waals surface area contributed by atoms with Gasteiger partial charge in [-0.2, -0.15) is 0 Å². The Morgan fingerprint density at radius 3 is 2.94 bits per heavy atom. The molecule has 1 N–H and O–H groups in total. The molecule has 0 saturated carbocycles. The van der Waals surface area contributed by atoms with Gasteiger partial charge in [-0.3, -0.25) is 9.69 Å². The highest BCUT2D eigenvalue weighted by Crippen LogP contribution is 2.38. The fourth-order valence-corrected chi connectivity index (χ4v) is 3.74. The van der Waals surface area contributed by atoms with E-state index in [0.717, 1.165) is 5.56 Å². The molecule has 7 heteroatoms. The van der Waals surface area contributed by atoms with Crippen molar-refractivity contribution in [2.45, 2.75) is 19.0 Å². The highest BCUT2D eigenvalue weighted by Gasteiger charge is 2.34. The van der Waals surface area contributed by atoms with Crippen molar-refractivity contribution < 1.29 is 14.6 Å². The van der Waals surface area contributed by atoms with Gasteiger partial charge in [-0.25, -0.2) is 0 Å². The molecule has 0 aliphatic carbocycles. The molecule has 0 spiro atoms. The molecule has 4 nitrogen and oxygen atoms in total. The van der Waals surface area contributed by atoms with Crippen molar-refractivity contribution in [2.75, 3.05) is 19.8 Å². The van der Waals surface area contributed by atoms with E-state index in [0.29, 0.717) is 21.8 Å². The van der Waals surface area contributed by atoms with Crippen LogP contribution in [0.4, 0.5) is 0 Å². The van der Waals surface area contributed by atoms with Crippen LogP contribution in [0, 0.1) is 0 Å². The molecule has 2 rings (SSSR count). The minimum atomic E-state index is -0.876. The van der Waals surface area contributed by atoms with Gasteiger partial charge in [-0.1, -0.05) is 23.2 Å². The zero-order chi connectivity index (χ0) is 13.3. The summed E-state index contributed by atoms with van der Waals surface area (Å²) < 4.78 is 6.44. The van der Waals surface area contributed by atoms with E-state index in [2.05, 4.69) is 0 Å². The third-order valence-corrected chi connectivity index (χ3v) is 4.60. The van der Waals surface area contributed by atoms with Crippen LogP contribution in [0.25, 0.3) is 0 Å². The van der Waals surface area contributed by atoms with Gasteiger partial charge in [0.1, 0.15) is 6.04 Å². The molecule has 2 heterocycles. The summed E-state index contributed by atoms with van der Waals surface area (Å²) >= 11 is 13.3. The quantitative estimate of drug-likeness (QED) is 0.932. The van der Waals surface area contributed by atoms with E-state index < -0.39 is 12.0 Å². The SMILES string of the molecule is CC(c1cc(Cl)sc1Cl)N1CCOCC1C(=O)O. The van der Waals surface area contributed by atoms with Crippen molar-refractivity contribution in [3.05, 3.63) is 20.3 Å². The van der Waals surface area contributed by atoms with Crippen molar-refractivity contribution in [3.63, 3.8) is 0 Å². The molecular weight excluding hydrogens is 297 g/mol. The summed E-state index contributed by atoms with van der Waals surface area (Å²) in [5.41, 5.74) is 0.875. The van der Waals surface area contributed by atoms with E-state index >= 15 is 0 Å². The number of hydrogen-bond donors (Lipinski definition) is 1. The van der Waals surface area contributed by atoms with Gasteiger partial charge >= 0.3 is 5.97 Å². The molecule has 0 bridgehead atoms. The Morgan fingerprint density at radius 2 is 2.39 bits per heavy atom. The first-order valence-corrected chi connectivity index (χ1v) is 7.09. The molecular formula is C11H13Cl2NO3S. The smallest absolute Gasteiger partial charge is 0.323 e. The number of carboxylic acid groups (broad SMARTS) is 1. The lowest BCUT2D eigenvalue weighted by atomic mass is 10.1. The topological polar surface area (TPSA) is 49.8 Å². The Morgan fingerprint density at radius 1 is 1.67 bits per heavy atom. The number of rotatable bonds is 3. The molecule has 2 unspecified atom stereocenters. The minimum Gasteiger partial charge on any atom is -0.480 e. The number of carbonyl (C=O) groups is 1. The number of aliphatic carboxylic acids is 1. The first-order chi connectivity index (χ1) is 8.50. The minimum absolute atomic E-state index is 0.0914. The Balaban J connectivity index is 2.23. The number of halogens is 2. The Labute approximate surface area is 119 Å². The van der Waals surface area contributed by atoms with Crippen molar-refractivity contribution in [1.29, 1.82) is 0 Å². The van der Waals surface area contributed by atoms with Crippen molar-refractivity contribution >= 4 is 40.5 Å². The Hall–Kier alpha value is -0.330. The van der Waals surface area contributed by atoms with Crippen LogP contribution in [0.2, 0.25) is 8.67 Å². The lowest BCUT2D eigenvalue weighted by molar-refractivity contribution is -0.151. The predicted molar refractivity (Wildman–Crippen MR) is 71.7 cm³/mol. The number of thiophene rings is 1. The highest BCUT2D eigenvalue weighted by atomic mass is 35.5. The Kier molecular flexibility index (Phi) is 4.50. The predicted octanol–water partition coefficient (Wildman–Crippen LogP) is 2.90. The van der Waals surface area contributed by atoms with E-state index in [4.69, 9.17) is 27.9 Å². The van der Waals surface area contributed by atoms with Crippen molar-refractivity contribution in [1.82, 2.24) is 4.90 Å². The summed E-state index contributed by atoms with van der Waals surface area (Å²) in [7, 11) is 0. The van der Waals surface area contributed by atoms with E-state index in [1.807, 2.05) is 11.8 Å². The average molecular weight is 310 g/mol. The van der Waals surface area contributed by atoms with Crippen LogP contribution < -0.4 is 0 Å². The molecule has 1 fully saturated rings. The maximum atomic E-state index is 11.2. The van der Waals surface area contributed by atoms with Crippen LogP contribution in [0.1, 0.15) is 18.5 Å². The van der Waals surface area contributed by atoms with Crippen LogP contribution >= 0.6 is 34.5 Å².